The molecule has 0 aromatic heterocycles. The molecule has 150 valence electrons. The van der Waals surface area contributed by atoms with Crippen molar-refractivity contribution in [2.45, 2.75) is 18.2 Å². The zero-order valence-electron chi connectivity index (χ0n) is 16.2. The molecule has 1 fully saturated rings. The van der Waals surface area contributed by atoms with Crippen molar-refractivity contribution in [3.8, 4) is 29.6 Å². The van der Waals surface area contributed by atoms with Gasteiger partial charge in [0.1, 0.15) is 16.7 Å². The summed E-state index contributed by atoms with van der Waals surface area (Å²) in [6.07, 6.45) is 5.79. The van der Waals surface area contributed by atoms with Crippen LogP contribution in [-0.4, -0.2) is 41.2 Å². The lowest BCUT2D eigenvalue weighted by molar-refractivity contribution is -0.126. The van der Waals surface area contributed by atoms with Gasteiger partial charge in [-0.3, -0.25) is 9.69 Å². The second kappa shape index (κ2) is 9.68. The Morgan fingerprint density at radius 3 is 2.48 bits per heavy atom. The Morgan fingerprint density at radius 2 is 1.83 bits per heavy atom. The van der Waals surface area contributed by atoms with Crippen LogP contribution in [0.1, 0.15) is 11.1 Å². The van der Waals surface area contributed by atoms with Crippen molar-refractivity contribution >= 4 is 34.2 Å². The SMILES string of the molecule is C#CCOc1ccc(C[C@H]2SC(=S)N(Cc3ccc(OC)cc3)C2=O)cc1OC. The predicted octanol–water partition coefficient (Wildman–Crippen LogP) is 3.69. The smallest absolute Gasteiger partial charge is 0.242 e. The molecule has 0 spiro atoms. The van der Waals surface area contributed by atoms with Crippen molar-refractivity contribution in [3.63, 3.8) is 0 Å². The molecule has 2 aromatic carbocycles. The topological polar surface area (TPSA) is 48.0 Å². The van der Waals surface area contributed by atoms with Crippen LogP contribution in [0.4, 0.5) is 0 Å². The molecule has 1 atom stereocenters. The van der Waals surface area contributed by atoms with Crippen LogP contribution < -0.4 is 14.2 Å². The molecule has 29 heavy (non-hydrogen) atoms. The maximum absolute atomic E-state index is 12.9. The molecule has 0 bridgehead atoms. The minimum absolute atomic E-state index is 0.0162. The molecule has 1 saturated heterocycles. The minimum Gasteiger partial charge on any atom is -0.497 e. The molecule has 1 aliphatic heterocycles. The maximum Gasteiger partial charge on any atom is 0.242 e. The van der Waals surface area contributed by atoms with Crippen LogP contribution in [-0.2, 0) is 17.8 Å². The van der Waals surface area contributed by atoms with Crippen LogP contribution >= 0.6 is 24.0 Å². The lowest BCUT2D eigenvalue weighted by Crippen LogP contribution is -2.31. The summed E-state index contributed by atoms with van der Waals surface area (Å²) in [5, 5.41) is -0.261. The summed E-state index contributed by atoms with van der Waals surface area (Å²) in [4.78, 5) is 14.6. The van der Waals surface area contributed by atoms with E-state index in [4.69, 9.17) is 32.9 Å². The van der Waals surface area contributed by atoms with E-state index in [1.165, 1.54) is 11.8 Å². The molecule has 7 heteroatoms. The Bertz CT molecular complexity index is 937. The average Bonchev–Trinajstić information content (AvgIpc) is 3.00. The van der Waals surface area contributed by atoms with E-state index in [-0.39, 0.29) is 17.8 Å². The van der Waals surface area contributed by atoms with Gasteiger partial charge in [-0.2, -0.15) is 0 Å². The molecule has 3 rings (SSSR count). The normalized spacial score (nSPS) is 15.9. The van der Waals surface area contributed by atoms with Crippen molar-refractivity contribution in [2.24, 2.45) is 0 Å². The van der Waals surface area contributed by atoms with Crippen LogP contribution in [0.15, 0.2) is 42.5 Å². The standard InChI is InChI=1S/C22H21NO4S2/c1-4-11-27-18-10-7-16(12-19(18)26-3)13-20-21(24)23(22(28)29-20)14-15-5-8-17(25-2)9-6-15/h1,5-10,12,20H,11,13-14H2,2-3H3/t20-/m1/s1. The van der Waals surface area contributed by atoms with Gasteiger partial charge in [-0.25, -0.2) is 0 Å². The molecule has 0 aliphatic carbocycles. The van der Waals surface area contributed by atoms with Crippen LogP contribution in [0.3, 0.4) is 0 Å². The first-order chi connectivity index (χ1) is 14.0. The molecule has 0 saturated carbocycles. The molecule has 1 amide bonds. The Labute approximate surface area is 180 Å². The number of carbonyl (C=O) groups is 1. The number of hydrogen-bond donors (Lipinski definition) is 0. The zero-order chi connectivity index (χ0) is 20.8. The molecule has 0 radical (unpaired) electrons. The molecule has 0 N–H and O–H groups in total. The Balaban J connectivity index is 1.68. The van der Waals surface area contributed by atoms with Gasteiger partial charge in [-0.15, -0.1) is 6.42 Å². The largest absolute Gasteiger partial charge is 0.497 e. The number of thiocarbonyl (C=S) groups is 1. The summed E-state index contributed by atoms with van der Waals surface area (Å²) >= 11 is 6.88. The lowest BCUT2D eigenvalue weighted by Gasteiger charge is -2.16. The number of hydrogen-bond acceptors (Lipinski definition) is 6. The minimum atomic E-state index is -0.261. The van der Waals surface area contributed by atoms with Gasteiger partial charge in [-0.05, 0) is 41.8 Å². The zero-order valence-corrected chi connectivity index (χ0v) is 17.8. The Kier molecular flexibility index (Phi) is 7.02. The van der Waals surface area contributed by atoms with Crippen molar-refractivity contribution in [2.75, 3.05) is 20.8 Å². The van der Waals surface area contributed by atoms with E-state index in [2.05, 4.69) is 5.92 Å². The van der Waals surface area contributed by atoms with Crippen molar-refractivity contribution in [3.05, 3.63) is 53.6 Å². The number of thioether (sulfide) groups is 1. The van der Waals surface area contributed by atoms with Gasteiger partial charge in [0.15, 0.2) is 11.5 Å². The average molecular weight is 428 g/mol. The third-order valence-corrected chi connectivity index (χ3v) is 6.05. The monoisotopic (exact) mass is 427 g/mol. The number of rotatable bonds is 8. The molecule has 2 aromatic rings. The first kappa shape index (κ1) is 21.0. The maximum atomic E-state index is 12.9. The summed E-state index contributed by atoms with van der Waals surface area (Å²) in [7, 11) is 3.20. The van der Waals surface area contributed by atoms with Gasteiger partial charge in [0.05, 0.1) is 26.0 Å². The van der Waals surface area contributed by atoms with Crippen molar-refractivity contribution in [1.29, 1.82) is 0 Å². The number of nitrogens with zero attached hydrogens (tertiary/aromatic N) is 1. The quantitative estimate of drug-likeness (QED) is 0.473. The van der Waals surface area contributed by atoms with Gasteiger partial charge in [0.2, 0.25) is 5.91 Å². The highest BCUT2D eigenvalue weighted by Gasteiger charge is 2.36. The Hall–Kier alpha value is -2.69. The van der Waals surface area contributed by atoms with Crippen LogP contribution in [0.2, 0.25) is 0 Å². The van der Waals surface area contributed by atoms with Gasteiger partial charge in [-0.1, -0.05) is 48.1 Å². The summed E-state index contributed by atoms with van der Waals surface area (Å²) < 4.78 is 16.6. The highest BCUT2D eigenvalue weighted by atomic mass is 32.2. The molecule has 5 nitrogen and oxygen atoms in total. The first-order valence-corrected chi connectivity index (χ1v) is 10.2. The summed E-state index contributed by atoms with van der Waals surface area (Å²) in [5.74, 6) is 4.39. The Morgan fingerprint density at radius 1 is 1.10 bits per heavy atom. The molecule has 1 heterocycles. The predicted molar refractivity (Wildman–Crippen MR) is 119 cm³/mol. The van der Waals surface area contributed by atoms with Gasteiger partial charge < -0.3 is 14.2 Å². The van der Waals surface area contributed by atoms with E-state index in [1.54, 1.807) is 19.1 Å². The fourth-order valence-corrected chi connectivity index (χ4v) is 4.51. The number of methoxy groups -OCH3 is 2. The third kappa shape index (κ3) is 5.03. The third-order valence-electron chi connectivity index (χ3n) is 4.46. The summed E-state index contributed by atoms with van der Waals surface area (Å²) in [5.41, 5.74) is 1.97. The van der Waals surface area contributed by atoms with Crippen molar-refractivity contribution < 1.29 is 19.0 Å². The highest BCUT2D eigenvalue weighted by molar-refractivity contribution is 8.24. The first-order valence-electron chi connectivity index (χ1n) is 8.93. The fraction of sp³-hybridized carbons (Fsp3) is 0.273. The van der Waals surface area contributed by atoms with Crippen LogP contribution in [0.25, 0.3) is 0 Å². The van der Waals surface area contributed by atoms with Crippen LogP contribution in [0, 0.1) is 12.3 Å². The summed E-state index contributed by atoms with van der Waals surface area (Å²) in [6.45, 7) is 0.620. The highest BCUT2D eigenvalue weighted by Crippen LogP contribution is 2.34. The number of amides is 1. The van der Waals surface area contributed by atoms with E-state index in [0.29, 0.717) is 28.8 Å². The molecular formula is C22H21NO4S2. The summed E-state index contributed by atoms with van der Waals surface area (Å²) in [6, 6.07) is 13.2. The van der Waals surface area contributed by atoms with E-state index < -0.39 is 0 Å². The molecule has 0 unspecified atom stereocenters. The second-order valence-corrected chi connectivity index (χ2v) is 8.16. The van der Waals surface area contributed by atoms with Gasteiger partial charge in [0.25, 0.3) is 0 Å². The molecular weight excluding hydrogens is 406 g/mol. The van der Waals surface area contributed by atoms with Crippen LogP contribution in [0.5, 0.6) is 17.2 Å². The molecule has 1 aliphatic rings. The lowest BCUT2D eigenvalue weighted by atomic mass is 10.1. The number of terminal acetylenes is 1. The van der Waals surface area contributed by atoms with E-state index in [1.807, 2.05) is 42.5 Å². The van der Waals surface area contributed by atoms with Gasteiger partial charge in [0, 0.05) is 0 Å². The number of ether oxygens (including phenoxy) is 3. The van der Waals surface area contributed by atoms with E-state index in [9.17, 15) is 4.79 Å². The van der Waals surface area contributed by atoms with Crippen molar-refractivity contribution in [1.82, 2.24) is 4.90 Å². The van der Waals surface area contributed by atoms with E-state index >= 15 is 0 Å². The number of carbonyl (C=O) groups excluding carboxylic acids is 1. The fourth-order valence-electron chi connectivity index (χ4n) is 2.98. The second-order valence-electron chi connectivity index (χ2n) is 6.33. The van der Waals surface area contributed by atoms with E-state index in [0.717, 1.165) is 16.9 Å². The number of benzene rings is 2. The van der Waals surface area contributed by atoms with Gasteiger partial charge >= 0.3 is 0 Å².